The molecule has 1 aromatic carbocycles. The summed E-state index contributed by atoms with van der Waals surface area (Å²) >= 11 is 6.67. The van der Waals surface area contributed by atoms with Crippen molar-refractivity contribution in [3.63, 3.8) is 0 Å². The number of aromatic nitrogens is 2. The predicted molar refractivity (Wildman–Crippen MR) is 128 cm³/mol. The maximum Gasteiger partial charge on any atom is 0.402 e. The van der Waals surface area contributed by atoms with Crippen LogP contribution in [-0.4, -0.2) is 47.3 Å². The average molecular weight is 545 g/mol. The predicted octanol–water partition coefficient (Wildman–Crippen LogP) is 5.00. The third-order valence-corrected chi connectivity index (χ3v) is 9.48. The number of nitrogens with one attached hydrogen (secondary N) is 1. The molecule has 2 heterocycles. The van der Waals surface area contributed by atoms with Gasteiger partial charge in [-0.3, -0.25) is 4.68 Å². The van der Waals surface area contributed by atoms with E-state index in [1.54, 1.807) is 23.9 Å². The van der Waals surface area contributed by atoms with Crippen molar-refractivity contribution in [1.29, 1.82) is 0 Å². The topological polar surface area (TPSA) is 67.2 Å². The summed E-state index contributed by atoms with van der Waals surface area (Å²) < 4.78 is 82.4. The lowest BCUT2D eigenvalue weighted by molar-refractivity contribution is -0.136. The van der Waals surface area contributed by atoms with Gasteiger partial charge in [0.25, 0.3) is 10.2 Å². The Labute approximate surface area is 211 Å². The molecule has 3 aliphatic rings. The molecule has 0 amide bonds. The van der Waals surface area contributed by atoms with E-state index in [2.05, 4.69) is 9.82 Å². The van der Waals surface area contributed by atoms with Crippen molar-refractivity contribution in [1.82, 2.24) is 18.8 Å². The Balaban J connectivity index is 1.37. The fraction of sp³-hybridized carbons (Fsp3) is 0.458. The summed E-state index contributed by atoms with van der Waals surface area (Å²) in [4.78, 5) is 0. The van der Waals surface area contributed by atoms with Crippen molar-refractivity contribution in [3.05, 3.63) is 58.5 Å². The molecule has 5 rings (SSSR count). The Morgan fingerprint density at radius 2 is 1.83 bits per heavy atom. The average Bonchev–Trinajstić information content (AvgIpc) is 3.35. The van der Waals surface area contributed by atoms with Crippen molar-refractivity contribution in [2.45, 2.75) is 37.4 Å². The van der Waals surface area contributed by atoms with E-state index in [4.69, 9.17) is 11.6 Å². The van der Waals surface area contributed by atoms with Crippen LogP contribution in [0.3, 0.4) is 0 Å². The SMILES string of the molecule is Cn1nc(C=CC2=C(Cl)CC3CCC(C2)C32CN(CC(F)(F)F)S(=O)(=O)N2)cc1-c1ccc(F)cc1. The molecule has 3 atom stereocenters. The van der Waals surface area contributed by atoms with Gasteiger partial charge in [-0.1, -0.05) is 17.7 Å². The molecule has 1 aromatic heterocycles. The fourth-order valence-electron chi connectivity index (χ4n) is 5.83. The van der Waals surface area contributed by atoms with Crippen LogP contribution < -0.4 is 4.72 Å². The van der Waals surface area contributed by atoms with E-state index in [0.29, 0.717) is 40.7 Å². The minimum Gasteiger partial charge on any atom is -0.267 e. The molecule has 1 saturated heterocycles. The van der Waals surface area contributed by atoms with Crippen LogP contribution in [0.2, 0.25) is 0 Å². The van der Waals surface area contributed by atoms with E-state index in [9.17, 15) is 26.0 Å². The van der Waals surface area contributed by atoms with Crippen molar-refractivity contribution < 1.29 is 26.0 Å². The van der Waals surface area contributed by atoms with Gasteiger partial charge in [0, 0.05) is 18.6 Å². The second-order valence-corrected chi connectivity index (χ2v) is 11.9. The number of hydrogen-bond donors (Lipinski definition) is 1. The molecule has 2 aliphatic carbocycles. The highest BCUT2D eigenvalue weighted by atomic mass is 35.5. The van der Waals surface area contributed by atoms with Gasteiger partial charge >= 0.3 is 6.18 Å². The van der Waals surface area contributed by atoms with Crippen molar-refractivity contribution >= 4 is 27.9 Å². The molecule has 194 valence electrons. The molecule has 2 fully saturated rings. The molecule has 1 N–H and O–H groups in total. The molecule has 2 aromatic rings. The maximum atomic E-state index is 13.3. The monoisotopic (exact) mass is 544 g/mol. The number of aryl methyl sites for hydroxylation is 1. The first-order valence-corrected chi connectivity index (χ1v) is 13.4. The molecule has 2 bridgehead atoms. The van der Waals surface area contributed by atoms with Gasteiger partial charge in [-0.15, -0.1) is 0 Å². The van der Waals surface area contributed by atoms with Crippen LogP contribution in [0, 0.1) is 17.7 Å². The number of alkyl halides is 3. The smallest absolute Gasteiger partial charge is 0.267 e. The highest BCUT2D eigenvalue weighted by Crippen LogP contribution is 2.53. The van der Waals surface area contributed by atoms with Gasteiger partial charge < -0.3 is 0 Å². The lowest BCUT2D eigenvalue weighted by Gasteiger charge is -2.34. The van der Waals surface area contributed by atoms with Gasteiger partial charge in [0.1, 0.15) is 12.4 Å². The van der Waals surface area contributed by atoms with E-state index in [1.807, 2.05) is 18.2 Å². The van der Waals surface area contributed by atoms with E-state index in [-0.39, 0.29) is 24.2 Å². The van der Waals surface area contributed by atoms with Gasteiger partial charge in [-0.25, -0.2) is 4.39 Å². The number of halogens is 5. The normalized spacial score (nSPS) is 28.5. The molecule has 0 radical (unpaired) electrons. The van der Waals surface area contributed by atoms with E-state index < -0.39 is 28.5 Å². The summed E-state index contributed by atoms with van der Waals surface area (Å²) in [5.74, 6) is -0.687. The Morgan fingerprint density at radius 3 is 2.50 bits per heavy atom. The molecule has 1 aliphatic heterocycles. The Morgan fingerprint density at radius 1 is 1.17 bits per heavy atom. The number of allylic oxidation sites excluding steroid dienone is 3. The highest BCUT2D eigenvalue weighted by molar-refractivity contribution is 7.87. The molecule has 12 heteroatoms. The Hall–Kier alpha value is -2.21. The molecule has 6 nitrogen and oxygen atoms in total. The summed E-state index contributed by atoms with van der Waals surface area (Å²) in [7, 11) is -2.46. The van der Waals surface area contributed by atoms with Gasteiger partial charge in [0.2, 0.25) is 0 Å². The summed E-state index contributed by atoms with van der Waals surface area (Å²) in [5.41, 5.74) is 2.13. The van der Waals surface area contributed by atoms with Crippen molar-refractivity contribution in [2.75, 3.05) is 13.1 Å². The van der Waals surface area contributed by atoms with Crippen LogP contribution in [0.25, 0.3) is 17.3 Å². The number of nitrogens with zero attached hydrogens (tertiary/aromatic N) is 3. The lowest BCUT2D eigenvalue weighted by atomic mass is 9.79. The van der Waals surface area contributed by atoms with Crippen LogP contribution in [0.4, 0.5) is 17.6 Å². The van der Waals surface area contributed by atoms with Gasteiger partial charge in [-0.05, 0) is 85.1 Å². The van der Waals surface area contributed by atoms with E-state index in [1.165, 1.54) is 12.1 Å². The molecular formula is C24H25ClF4N4O2S. The van der Waals surface area contributed by atoms with Gasteiger partial charge in [-0.2, -0.15) is 35.7 Å². The fourth-order valence-corrected chi connectivity index (χ4v) is 7.86. The summed E-state index contributed by atoms with van der Waals surface area (Å²) in [6.07, 6.45) is 1.28. The molecule has 3 unspecified atom stereocenters. The first-order valence-electron chi connectivity index (χ1n) is 11.6. The van der Waals surface area contributed by atoms with E-state index in [0.717, 1.165) is 16.8 Å². The van der Waals surface area contributed by atoms with Gasteiger partial charge in [0.15, 0.2) is 0 Å². The molecular weight excluding hydrogens is 520 g/mol. The molecule has 1 spiro atoms. The second-order valence-electron chi connectivity index (χ2n) is 9.76. The van der Waals surface area contributed by atoms with E-state index >= 15 is 0 Å². The van der Waals surface area contributed by atoms with Crippen LogP contribution in [0.5, 0.6) is 0 Å². The van der Waals surface area contributed by atoms with Crippen LogP contribution in [0.1, 0.15) is 31.4 Å². The minimum atomic E-state index is -4.62. The van der Waals surface area contributed by atoms with Crippen LogP contribution in [0.15, 0.2) is 47.0 Å². The zero-order valence-electron chi connectivity index (χ0n) is 19.4. The molecule has 1 saturated carbocycles. The number of rotatable bonds is 4. The quantitative estimate of drug-likeness (QED) is 0.551. The molecule has 36 heavy (non-hydrogen) atoms. The first-order chi connectivity index (χ1) is 16.9. The Kier molecular flexibility index (Phi) is 6.34. The third kappa shape index (κ3) is 4.73. The van der Waals surface area contributed by atoms with Crippen molar-refractivity contribution in [2.24, 2.45) is 18.9 Å². The van der Waals surface area contributed by atoms with Gasteiger partial charge in [0.05, 0.1) is 16.9 Å². The summed E-state index contributed by atoms with van der Waals surface area (Å²) in [6.45, 7) is -1.72. The third-order valence-electron chi connectivity index (χ3n) is 7.51. The Bertz CT molecular complexity index is 1340. The second kappa shape index (κ2) is 8.97. The zero-order chi connectivity index (χ0) is 25.9. The summed E-state index contributed by atoms with van der Waals surface area (Å²) in [6, 6.07) is 7.97. The number of benzene rings is 1. The maximum absolute atomic E-state index is 13.3. The summed E-state index contributed by atoms with van der Waals surface area (Å²) in [5, 5.41) is 5.07. The van der Waals surface area contributed by atoms with Crippen LogP contribution >= 0.6 is 11.6 Å². The largest absolute Gasteiger partial charge is 0.402 e. The van der Waals surface area contributed by atoms with Crippen LogP contribution in [-0.2, 0) is 17.3 Å². The number of hydrogen-bond acceptors (Lipinski definition) is 3. The van der Waals surface area contributed by atoms with Crippen molar-refractivity contribution in [3.8, 4) is 11.3 Å². The lowest BCUT2D eigenvalue weighted by Crippen LogP contribution is -2.51. The highest BCUT2D eigenvalue weighted by Gasteiger charge is 2.60. The first kappa shape index (κ1) is 25.4. The standard InChI is InChI=1S/C24H25ClF4N4O2S/c1-32-22(15-2-7-19(26)8-3-15)12-20(30-32)9-4-16-10-17-5-6-18(11-21(16)25)23(17)13-33(14-24(27,28)29)36(34,35)31-23/h2-4,7-9,12,17-18,31H,5-6,10-11,13-14H2,1H3. The minimum absolute atomic E-state index is 0.176. The zero-order valence-corrected chi connectivity index (χ0v) is 21.0.